The third-order valence-corrected chi connectivity index (χ3v) is 0. The Morgan fingerprint density at radius 1 is 1.33 bits per heavy atom. The van der Waals surface area contributed by atoms with E-state index in [1.807, 2.05) is 0 Å². The Morgan fingerprint density at radius 2 is 1.33 bits per heavy atom. The fraction of sp³-hybridized carbons (Fsp3) is 0.667. The van der Waals surface area contributed by atoms with Crippen molar-refractivity contribution in [2.24, 2.45) is 0 Å². The second-order valence-corrected chi connectivity index (χ2v) is 0.908. The van der Waals surface area contributed by atoms with Crippen LogP contribution < -0.4 is 63.8 Å². The molecule has 32 valence electrons. The van der Waals surface area contributed by atoms with Crippen molar-refractivity contribution in [1.29, 1.82) is 0 Å². The quantitative estimate of drug-likeness (QED) is 0.301. The summed E-state index contributed by atoms with van der Waals surface area (Å²) in [4.78, 5) is 9.44. The fourth-order valence-electron chi connectivity index (χ4n) is 0. The Morgan fingerprint density at radius 3 is 1.33 bits per heavy atom. The topological polar surface area (TPSA) is 17.1 Å². The zero-order chi connectivity index (χ0) is 3.58. The molecule has 0 aliphatic heterocycles. The number of rotatable bonds is 0. The van der Waals surface area contributed by atoms with Crippen molar-refractivity contribution in [3.8, 4) is 0 Å². The maximum absolute atomic E-state index is 9.44. The average molecular weight is 133 g/mol. The van der Waals surface area contributed by atoms with Crippen LogP contribution in [0.1, 0.15) is 13.8 Å². The number of ketones is 1. The maximum Gasteiger partial charge on any atom is 1.00 e. The number of halogens is 1. The monoisotopic (exact) mass is 132 g/mol. The van der Waals surface area contributed by atoms with Gasteiger partial charge in [0.15, 0.2) is 0 Å². The van der Waals surface area contributed by atoms with Crippen molar-refractivity contribution in [1.82, 2.24) is 0 Å². The summed E-state index contributed by atoms with van der Waals surface area (Å²) in [6.45, 7) is 3.06. The van der Waals surface area contributed by atoms with Crippen molar-refractivity contribution in [2.75, 3.05) is 0 Å². The first-order valence-corrected chi connectivity index (χ1v) is 1.20. The first kappa shape index (κ1) is 15.6. The van der Waals surface area contributed by atoms with Gasteiger partial charge >= 0.3 is 51.4 Å². The molecule has 0 atom stereocenters. The second kappa shape index (κ2) is 9.78. The molecule has 0 aromatic rings. The number of hydrogen-bond acceptors (Lipinski definition) is 1. The molecular weight excluding hydrogens is 127 g/mol. The minimum absolute atomic E-state index is 0. The molecule has 0 rings (SSSR count). The molecule has 3 heteroatoms. The predicted molar refractivity (Wildman–Crippen MR) is 16.4 cm³/mol. The Bertz CT molecular complexity index is 33.8. The van der Waals surface area contributed by atoms with Gasteiger partial charge in [-0.3, -0.25) is 0 Å². The molecule has 0 fully saturated rings. The van der Waals surface area contributed by atoms with Crippen LogP contribution in [0.5, 0.6) is 0 Å². The molecule has 0 aromatic heterocycles. The molecule has 0 N–H and O–H groups in total. The molecule has 0 radical (unpaired) electrons. The van der Waals surface area contributed by atoms with E-state index < -0.39 is 0 Å². The van der Waals surface area contributed by atoms with Gasteiger partial charge in [-0.15, -0.1) is 0 Å². The van der Waals surface area contributed by atoms with Gasteiger partial charge in [-0.1, -0.05) is 0 Å². The Kier molecular flexibility index (Phi) is 25.5. The minimum atomic E-state index is 0. The number of hydrogen-bond donors (Lipinski definition) is 0. The Hall–Kier alpha value is 1.60. The van der Waals surface area contributed by atoms with Gasteiger partial charge < -0.3 is 17.2 Å². The molecule has 0 bridgehead atoms. The summed E-state index contributed by atoms with van der Waals surface area (Å²) in [5.74, 6) is 0.167. The van der Waals surface area contributed by atoms with E-state index in [1.54, 1.807) is 0 Å². The molecule has 0 saturated heterocycles. The van der Waals surface area contributed by atoms with Gasteiger partial charge in [0.1, 0.15) is 5.78 Å². The van der Waals surface area contributed by atoms with Crippen LogP contribution in [0.3, 0.4) is 0 Å². The van der Waals surface area contributed by atoms with E-state index in [2.05, 4.69) is 0 Å². The molecule has 0 unspecified atom stereocenters. The summed E-state index contributed by atoms with van der Waals surface area (Å²) in [6.07, 6.45) is 0. The van der Waals surface area contributed by atoms with Crippen LogP contribution in [0.15, 0.2) is 0 Å². The van der Waals surface area contributed by atoms with E-state index in [1.165, 1.54) is 13.8 Å². The van der Waals surface area contributed by atoms with Crippen molar-refractivity contribution >= 4 is 5.78 Å². The third-order valence-electron chi connectivity index (χ3n) is 0. The predicted octanol–water partition coefficient (Wildman–Crippen LogP) is -5.40. The number of carbonyl (C=O) groups excluding carboxylic acids is 1. The van der Waals surface area contributed by atoms with Crippen molar-refractivity contribution in [3.05, 3.63) is 0 Å². The van der Waals surface area contributed by atoms with Crippen LogP contribution >= 0.6 is 0 Å². The molecule has 0 saturated carbocycles. The van der Waals surface area contributed by atoms with Crippen molar-refractivity contribution in [2.45, 2.75) is 13.8 Å². The number of Topliss-reactive ketones (excluding diaryl/α,β-unsaturated/α-hetero) is 1. The Labute approximate surface area is 86.7 Å². The standard InChI is InChI=1S/C3H6O.ClH.K/c1-3(2)4;;/h1-2H3;1H;/q;;+1/p-1. The molecule has 0 amide bonds. The largest absolute Gasteiger partial charge is 1.00 e. The summed E-state index contributed by atoms with van der Waals surface area (Å²) in [7, 11) is 0. The smallest absolute Gasteiger partial charge is 1.00 e. The first-order valence-electron chi connectivity index (χ1n) is 1.20. The van der Waals surface area contributed by atoms with Crippen LogP contribution in [0.4, 0.5) is 0 Å². The maximum atomic E-state index is 9.44. The van der Waals surface area contributed by atoms with Crippen LogP contribution in [0.2, 0.25) is 0 Å². The summed E-state index contributed by atoms with van der Waals surface area (Å²) in [6, 6.07) is 0. The van der Waals surface area contributed by atoms with Gasteiger partial charge in [-0.05, 0) is 13.8 Å². The summed E-state index contributed by atoms with van der Waals surface area (Å²) >= 11 is 0. The first-order chi connectivity index (χ1) is 1.73. The summed E-state index contributed by atoms with van der Waals surface area (Å²) < 4.78 is 0. The van der Waals surface area contributed by atoms with E-state index in [0.29, 0.717) is 0 Å². The number of carbonyl (C=O) groups is 1. The molecular formula is C3H6ClKO. The average Bonchev–Trinajstić information content (AvgIpc) is 0.811. The molecule has 0 spiro atoms. The molecule has 0 heterocycles. The molecule has 0 aliphatic carbocycles. The molecule has 1 nitrogen and oxygen atoms in total. The zero-order valence-corrected chi connectivity index (χ0v) is 8.17. The van der Waals surface area contributed by atoms with Gasteiger partial charge in [0.25, 0.3) is 0 Å². The van der Waals surface area contributed by atoms with Crippen LogP contribution in [-0.2, 0) is 4.79 Å². The van der Waals surface area contributed by atoms with E-state index >= 15 is 0 Å². The van der Waals surface area contributed by atoms with E-state index in [-0.39, 0.29) is 69.6 Å². The summed E-state index contributed by atoms with van der Waals surface area (Å²) in [5.41, 5.74) is 0. The van der Waals surface area contributed by atoms with Crippen molar-refractivity contribution in [3.63, 3.8) is 0 Å². The van der Waals surface area contributed by atoms with Gasteiger partial charge in [-0.25, -0.2) is 0 Å². The van der Waals surface area contributed by atoms with E-state index in [4.69, 9.17) is 0 Å². The van der Waals surface area contributed by atoms with Gasteiger partial charge in [0.05, 0.1) is 0 Å². The van der Waals surface area contributed by atoms with Gasteiger partial charge in [-0.2, -0.15) is 0 Å². The molecule has 6 heavy (non-hydrogen) atoms. The molecule has 0 aromatic carbocycles. The van der Waals surface area contributed by atoms with Crippen LogP contribution in [0, 0.1) is 0 Å². The van der Waals surface area contributed by atoms with E-state index in [0.717, 1.165) is 0 Å². The summed E-state index contributed by atoms with van der Waals surface area (Å²) in [5, 5.41) is 0. The normalized spacial score (nSPS) is 4.33. The molecule has 0 aliphatic rings. The van der Waals surface area contributed by atoms with E-state index in [9.17, 15) is 4.79 Å². The van der Waals surface area contributed by atoms with Crippen LogP contribution in [-0.4, -0.2) is 5.78 Å². The van der Waals surface area contributed by atoms with Gasteiger partial charge in [0, 0.05) is 0 Å². The van der Waals surface area contributed by atoms with Crippen molar-refractivity contribution < 1.29 is 68.6 Å². The van der Waals surface area contributed by atoms with Crippen LogP contribution in [0.25, 0.3) is 0 Å². The van der Waals surface area contributed by atoms with Gasteiger partial charge in [0.2, 0.25) is 0 Å². The third kappa shape index (κ3) is 46.4. The minimum Gasteiger partial charge on any atom is -1.00 e. The SMILES string of the molecule is CC(C)=O.[Cl-].[K+]. The second-order valence-electron chi connectivity index (χ2n) is 0.908. The zero-order valence-electron chi connectivity index (χ0n) is 4.29. The Balaban J connectivity index is -0.0000000450. The fourth-order valence-corrected chi connectivity index (χ4v) is 0.